The van der Waals surface area contributed by atoms with Crippen molar-refractivity contribution in [2.24, 2.45) is 11.3 Å². The highest BCUT2D eigenvalue weighted by Gasteiger charge is 2.40. The number of methoxy groups -OCH3 is 1. The van der Waals surface area contributed by atoms with Crippen LogP contribution >= 0.6 is 0 Å². The zero-order valence-electron chi connectivity index (χ0n) is 16.6. The molecule has 1 heterocycles. The van der Waals surface area contributed by atoms with E-state index in [4.69, 9.17) is 4.74 Å². The van der Waals surface area contributed by atoms with E-state index in [0.29, 0.717) is 13.1 Å². The van der Waals surface area contributed by atoms with Crippen LogP contribution in [0.4, 0.5) is 0 Å². The van der Waals surface area contributed by atoms with Crippen molar-refractivity contribution in [3.05, 3.63) is 29.8 Å². The molecule has 1 aromatic carbocycles. The van der Waals surface area contributed by atoms with Gasteiger partial charge in [0, 0.05) is 25.6 Å². The minimum absolute atomic E-state index is 0.0338. The van der Waals surface area contributed by atoms with Gasteiger partial charge in [-0.3, -0.25) is 9.59 Å². The topological polar surface area (TPSA) is 58.6 Å². The van der Waals surface area contributed by atoms with Gasteiger partial charge in [0.1, 0.15) is 5.75 Å². The maximum Gasteiger partial charge on any atom is 0.227 e. The van der Waals surface area contributed by atoms with Crippen LogP contribution in [0.2, 0.25) is 0 Å². The third kappa shape index (κ3) is 4.82. The van der Waals surface area contributed by atoms with E-state index in [1.807, 2.05) is 36.1 Å². The fourth-order valence-corrected chi connectivity index (χ4v) is 4.40. The third-order valence-corrected chi connectivity index (χ3v) is 6.10. The number of nitrogens with one attached hydrogen (secondary N) is 1. The molecule has 1 saturated carbocycles. The molecule has 2 fully saturated rings. The molecule has 2 amide bonds. The zero-order chi connectivity index (χ0) is 19.3. The second kappa shape index (κ2) is 8.77. The van der Waals surface area contributed by atoms with Crippen LogP contribution in [-0.4, -0.2) is 36.9 Å². The predicted octanol–water partition coefficient (Wildman–Crippen LogP) is 3.52. The smallest absolute Gasteiger partial charge is 0.227 e. The van der Waals surface area contributed by atoms with Gasteiger partial charge in [-0.15, -0.1) is 0 Å². The molecule has 0 spiro atoms. The fraction of sp³-hybridized carbons (Fsp3) is 0.636. The quantitative estimate of drug-likeness (QED) is 0.860. The molecule has 148 valence electrons. The molecular formula is C22H32N2O3. The fourth-order valence-electron chi connectivity index (χ4n) is 4.40. The number of hydrogen-bond acceptors (Lipinski definition) is 3. The average Bonchev–Trinajstić information content (AvgIpc) is 2.72. The van der Waals surface area contributed by atoms with E-state index in [1.165, 1.54) is 6.42 Å². The number of hydrogen-bond donors (Lipinski definition) is 1. The average molecular weight is 373 g/mol. The lowest BCUT2D eigenvalue weighted by atomic mass is 9.79. The van der Waals surface area contributed by atoms with Crippen LogP contribution < -0.4 is 10.1 Å². The minimum atomic E-state index is -0.512. The van der Waals surface area contributed by atoms with Gasteiger partial charge < -0.3 is 15.0 Å². The van der Waals surface area contributed by atoms with E-state index in [9.17, 15) is 9.59 Å². The number of ether oxygens (including phenoxy) is 1. The number of benzene rings is 1. The summed E-state index contributed by atoms with van der Waals surface area (Å²) in [5.41, 5.74) is 0.499. The molecule has 5 nitrogen and oxygen atoms in total. The highest BCUT2D eigenvalue weighted by atomic mass is 16.5. The van der Waals surface area contributed by atoms with Crippen LogP contribution in [0.1, 0.15) is 57.4 Å². The standard InChI is InChI=1S/C22H32N2O3/c1-22(21(26)23-15-17-8-6-11-19(14-17)27-2)12-7-13-24(16-22)20(25)18-9-4-3-5-10-18/h6,8,11,14,18H,3-5,7,9-10,12-13,15-16H2,1-2H3,(H,23,26). The summed E-state index contributed by atoms with van der Waals surface area (Å²) in [7, 11) is 1.64. The van der Waals surface area contributed by atoms with Crippen molar-refractivity contribution < 1.29 is 14.3 Å². The van der Waals surface area contributed by atoms with Crippen molar-refractivity contribution in [3.8, 4) is 5.75 Å². The van der Waals surface area contributed by atoms with Gasteiger partial charge in [0.05, 0.1) is 12.5 Å². The number of carbonyl (C=O) groups is 2. The summed E-state index contributed by atoms with van der Waals surface area (Å²) < 4.78 is 5.24. The Morgan fingerprint density at radius 1 is 1.22 bits per heavy atom. The first-order chi connectivity index (χ1) is 13.0. The van der Waals surface area contributed by atoms with Gasteiger partial charge in [-0.05, 0) is 50.3 Å². The van der Waals surface area contributed by atoms with E-state index in [1.54, 1.807) is 7.11 Å². The second-order valence-corrected chi connectivity index (χ2v) is 8.29. The SMILES string of the molecule is COc1cccc(CNC(=O)C2(C)CCCN(C(=O)C3CCCCC3)C2)c1. The molecular weight excluding hydrogens is 340 g/mol. The van der Waals surface area contributed by atoms with Gasteiger partial charge in [0.2, 0.25) is 11.8 Å². The molecule has 1 unspecified atom stereocenters. The van der Waals surface area contributed by atoms with Crippen molar-refractivity contribution in [2.45, 2.75) is 58.4 Å². The lowest BCUT2D eigenvalue weighted by Crippen LogP contribution is -2.53. The van der Waals surface area contributed by atoms with Gasteiger partial charge in [0.25, 0.3) is 0 Å². The largest absolute Gasteiger partial charge is 0.497 e. The summed E-state index contributed by atoms with van der Waals surface area (Å²) in [4.78, 5) is 27.8. The normalized spacial score (nSPS) is 23.7. The predicted molar refractivity (Wildman–Crippen MR) is 105 cm³/mol. The second-order valence-electron chi connectivity index (χ2n) is 8.29. The number of piperidine rings is 1. The number of rotatable bonds is 5. The first-order valence-corrected chi connectivity index (χ1v) is 10.2. The van der Waals surface area contributed by atoms with Gasteiger partial charge in [-0.2, -0.15) is 0 Å². The van der Waals surface area contributed by atoms with Crippen LogP contribution in [-0.2, 0) is 16.1 Å². The van der Waals surface area contributed by atoms with Crippen molar-refractivity contribution in [1.29, 1.82) is 0 Å². The van der Waals surface area contributed by atoms with E-state index in [-0.39, 0.29) is 17.7 Å². The minimum Gasteiger partial charge on any atom is -0.497 e. The molecule has 1 aliphatic carbocycles. The summed E-state index contributed by atoms with van der Waals surface area (Å²) in [5.74, 6) is 1.25. The number of amides is 2. The summed E-state index contributed by atoms with van der Waals surface area (Å²) in [6, 6.07) is 7.73. The lowest BCUT2D eigenvalue weighted by molar-refractivity contribution is -0.144. The summed E-state index contributed by atoms with van der Waals surface area (Å²) in [5, 5.41) is 3.07. The first kappa shape index (κ1) is 19.7. The first-order valence-electron chi connectivity index (χ1n) is 10.2. The number of likely N-dealkylation sites (tertiary alicyclic amines) is 1. The molecule has 2 aliphatic rings. The molecule has 1 saturated heterocycles. The van der Waals surface area contributed by atoms with Crippen molar-refractivity contribution in [1.82, 2.24) is 10.2 Å². The molecule has 0 bridgehead atoms. The molecule has 1 N–H and O–H groups in total. The van der Waals surface area contributed by atoms with Crippen LogP contribution in [0.5, 0.6) is 5.75 Å². The van der Waals surface area contributed by atoms with E-state index < -0.39 is 5.41 Å². The Kier molecular flexibility index (Phi) is 6.40. The van der Waals surface area contributed by atoms with Gasteiger partial charge in [0.15, 0.2) is 0 Å². The summed E-state index contributed by atoms with van der Waals surface area (Å²) in [6.07, 6.45) is 7.29. The zero-order valence-corrected chi connectivity index (χ0v) is 16.6. The van der Waals surface area contributed by atoms with Crippen LogP contribution in [0.15, 0.2) is 24.3 Å². The Balaban J connectivity index is 1.58. The monoisotopic (exact) mass is 372 g/mol. The van der Waals surface area contributed by atoms with E-state index >= 15 is 0 Å². The molecule has 0 aromatic heterocycles. The molecule has 3 rings (SSSR count). The maximum absolute atomic E-state index is 12.9. The van der Waals surface area contributed by atoms with Gasteiger partial charge >= 0.3 is 0 Å². The molecule has 1 aliphatic heterocycles. The molecule has 1 atom stereocenters. The van der Waals surface area contributed by atoms with E-state index in [0.717, 1.165) is 56.4 Å². The van der Waals surface area contributed by atoms with Crippen molar-refractivity contribution >= 4 is 11.8 Å². The highest BCUT2D eigenvalue weighted by molar-refractivity contribution is 5.85. The molecule has 27 heavy (non-hydrogen) atoms. The third-order valence-electron chi connectivity index (χ3n) is 6.10. The van der Waals surface area contributed by atoms with Crippen LogP contribution in [0.25, 0.3) is 0 Å². The number of nitrogens with zero attached hydrogens (tertiary/aromatic N) is 1. The Bertz CT molecular complexity index is 669. The molecule has 1 aromatic rings. The Morgan fingerprint density at radius 2 is 2.00 bits per heavy atom. The lowest BCUT2D eigenvalue weighted by Gasteiger charge is -2.41. The van der Waals surface area contributed by atoms with Crippen molar-refractivity contribution in [3.63, 3.8) is 0 Å². The Morgan fingerprint density at radius 3 is 2.74 bits per heavy atom. The van der Waals surface area contributed by atoms with Gasteiger partial charge in [-0.25, -0.2) is 0 Å². The van der Waals surface area contributed by atoms with Crippen molar-refractivity contribution in [2.75, 3.05) is 20.2 Å². The van der Waals surface area contributed by atoms with E-state index in [2.05, 4.69) is 5.32 Å². The maximum atomic E-state index is 12.9. The molecule has 0 radical (unpaired) electrons. The Labute approximate surface area is 162 Å². The Hall–Kier alpha value is -2.04. The highest BCUT2D eigenvalue weighted by Crippen LogP contribution is 2.33. The molecule has 5 heteroatoms. The summed E-state index contributed by atoms with van der Waals surface area (Å²) >= 11 is 0. The summed E-state index contributed by atoms with van der Waals surface area (Å²) in [6.45, 7) is 3.79. The van der Waals surface area contributed by atoms with Gasteiger partial charge in [-0.1, -0.05) is 31.4 Å². The van der Waals surface area contributed by atoms with Crippen LogP contribution in [0, 0.1) is 11.3 Å². The van der Waals surface area contributed by atoms with Crippen LogP contribution in [0.3, 0.4) is 0 Å². The number of carbonyl (C=O) groups excluding carboxylic acids is 2.